The van der Waals surface area contributed by atoms with E-state index < -0.39 is 0 Å². The van der Waals surface area contributed by atoms with Crippen molar-refractivity contribution in [2.45, 2.75) is 45.4 Å². The van der Waals surface area contributed by atoms with Gasteiger partial charge in [0.05, 0.1) is 12.8 Å². The predicted molar refractivity (Wildman–Crippen MR) is 76.0 cm³/mol. The molecule has 2 N–H and O–H groups in total. The Balaban J connectivity index is 2.67. The van der Waals surface area contributed by atoms with Crippen molar-refractivity contribution >= 4 is 0 Å². The first-order chi connectivity index (χ1) is 9.28. The Morgan fingerprint density at radius 2 is 1.79 bits per heavy atom. The third-order valence-electron chi connectivity index (χ3n) is 3.85. The molecule has 2 atom stereocenters. The standard InChI is InChI=1S/C14H30N2O3/c1-3-15(4-2)14(16-8-5-6-9-16)13(12-18)19-11-7-10-17/h13-14,17-18H,3-12H2,1-2H3. The average Bonchev–Trinajstić information content (AvgIpc) is 2.95. The van der Waals surface area contributed by atoms with E-state index in [1.54, 1.807) is 0 Å². The Kier molecular flexibility index (Phi) is 8.57. The summed E-state index contributed by atoms with van der Waals surface area (Å²) in [5.74, 6) is 0. The smallest absolute Gasteiger partial charge is 0.109 e. The van der Waals surface area contributed by atoms with E-state index >= 15 is 0 Å². The van der Waals surface area contributed by atoms with Gasteiger partial charge in [0.15, 0.2) is 0 Å². The molecule has 2 unspecified atom stereocenters. The Bertz CT molecular complexity index is 217. The topological polar surface area (TPSA) is 56.2 Å². The maximum Gasteiger partial charge on any atom is 0.109 e. The minimum atomic E-state index is -0.190. The van der Waals surface area contributed by atoms with Crippen LogP contribution in [0.5, 0.6) is 0 Å². The van der Waals surface area contributed by atoms with Crippen molar-refractivity contribution in [2.75, 3.05) is 46.0 Å². The molecule has 0 spiro atoms. The van der Waals surface area contributed by atoms with E-state index in [0.717, 1.165) is 26.2 Å². The highest BCUT2D eigenvalue weighted by molar-refractivity contribution is 4.83. The van der Waals surface area contributed by atoms with Crippen LogP contribution in [-0.2, 0) is 4.74 Å². The molecule has 0 aromatic heterocycles. The van der Waals surface area contributed by atoms with Crippen LogP contribution in [0, 0.1) is 0 Å². The molecule has 0 bridgehead atoms. The lowest BCUT2D eigenvalue weighted by Gasteiger charge is -2.40. The van der Waals surface area contributed by atoms with Gasteiger partial charge in [0, 0.05) is 13.2 Å². The normalized spacial score (nSPS) is 20.1. The predicted octanol–water partition coefficient (Wildman–Crippen LogP) is 0.510. The zero-order valence-electron chi connectivity index (χ0n) is 12.4. The van der Waals surface area contributed by atoms with E-state index in [2.05, 4.69) is 23.6 Å². The zero-order chi connectivity index (χ0) is 14.1. The van der Waals surface area contributed by atoms with Crippen molar-refractivity contribution in [1.82, 2.24) is 9.80 Å². The molecule has 1 aliphatic heterocycles. The summed E-state index contributed by atoms with van der Waals surface area (Å²) in [6, 6.07) is 0. The summed E-state index contributed by atoms with van der Waals surface area (Å²) in [5.41, 5.74) is 0. The van der Waals surface area contributed by atoms with Crippen molar-refractivity contribution in [3.05, 3.63) is 0 Å². The Morgan fingerprint density at radius 3 is 2.26 bits per heavy atom. The zero-order valence-corrected chi connectivity index (χ0v) is 12.4. The lowest BCUT2D eigenvalue weighted by atomic mass is 10.2. The van der Waals surface area contributed by atoms with Crippen LogP contribution in [0.25, 0.3) is 0 Å². The van der Waals surface area contributed by atoms with Crippen LogP contribution >= 0.6 is 0 Å². The van der Waals surface area contributed by atoms with Gasteiger partial charge in [0.2, 0.25) is 0 Å². The molecule has 1 aliphatic rings. The number of aliphatic hydroxyl groups excluding tert-OH is 2. The molecule has 0 aliphatic carbocycles. The third kappa shape index (κ3) is 5.00. The minimum Gasteiger partial charge on any atom is -0.396 e. The summed E-state index contributed by atoms with van der Waals surface area (Å²) in [6.07, 6.45) is 3.05. The SMILES string of the molecule is CCN(CC)C(C(CO)OCCCO)N1CCCC1. The van der Waals surface area contributed by atoms with Crippen LogP contribution in [0.3, 0.4) is 0 Å². The molecule has 0 aromatic rings. The van der Waals surface area contributed by atoms with E-state index in [1.807, 2.05) is 0 Å². The number of likely N-dealkylation sites (N-methyl/N-ethyl adjacent to an activating group) is 1. The number of nitrogens with zero attached hydrogens (tertiary/aromatic N) is 2. The van der Waals surface area contributed by atoms with Crippen LogP contribution in [0.2, 0.25) is 0 Å². The van der Waals surface area contributed by atoms with Crippen molar-refractivity contribution in [1.29, 1.82) is 0 Å². The Labute approximate surface area is 117 Å². The number of ether oxygens (including phenoxy) is 1. The van der Waals surface area contributed by atoms with Gasteiger partial charge in [-0.15, -0.1) is 0 Å². The second-order valence-electron chi connectivity index (χ2n) is 5.05. The van der Waals surface area contributed by atoms with Crippen LogP contribution < -0.4 is 0 Å². The molecule has 5 nitrogen and oxygen atoms in total. The minimum absolute atomic E-state index is 0.0308. The van der Waals surface area contributed by atoms with Crippen molar-refractivity contribution < 1.29 is 14.9 Å². The largest absolute Gasteiger partial charge is 0.396 e. The van der Waals surface area contributed by atoms with Gasteiger partial charge in [-0.3, -0.25) is 9.80 Å². The van der Waals surface area contributed by atoms with Gasteiger partial charge in [0.1, 0.15) is 6.10 Å². The van der Waals surface area contributed by atoms with Crippen molar-refractivity contribution in [2.24, 2.45) is 0 Å². The average molecular weight is 274 g/mol. The van der Waals surface area contributed by atoms with E-state index in [0.29, 0.717) is 13.0 Å². The summed E-state index contributed by atoms with van der Waals surface area (Å²) >= 11 is 0. The van der Waals surface area contributed by atoms with Crippen LogP contribution in [0.4, 0.5) is 0 Å². The van der Waals surface area contributed by atoms with Gasteiger partial charge < -0.3 is 14.9 Å². The first-order valence-electron chi connectivity index (χ1n) is 7.59. The van der Waals surface area contributed by atoms with Crippen LogP contribution in [0.1, 0.15) is 33.1 Å². The fraction of sp³-hybridized carbons (Fsp3) is 1.00. The third-order valence-corrected chi connectivity index (χ3v) is 3.85. The Hall–Kier alpha value is -0.200. The molecule has 0 amide bonds. The van der Waals surface area contributed by atoms with E-state index in [9.17, 15) is 5.11 Å². The van der Waals surface area contributed by atoms with Crippen LogP contribution in [0.15, 0.2) is 0 Å². The maximum atomic E-state index is 9.66. The molecule has 1 rings (SSSR count). The molecule has 1 saturated heterocycles. The summed E-state index contributed by atoms with van der Waals surface area (Å²) in [5, 5.41) is 18.5. The number of likely N-dealkylation sites (tertiary alicyclic amines) is 1. The van der Waals surface area contributed by atoms with Crippen molar-refractivity contribution in [3.8, 4) is 0 Å². The van der Waals surface area contributed by atoms with Gasteiger partial charge in [-0.25, -0.2) is 0 Å². The molecule has 1 fully saturated rings. The first-order valence-corrected chi connectivity index (χ1v) is 7.59. The second kappa shape index (κ2) is 9.66. The van der Waals surface area contributed by atoms with E-state index in [4.69, 9.17) is 9.84 Å². The molecule has 0 saturated carbocycles. The molecular weight excluding hydrogens is 244 g/mol. The fourth-order valence-corrected chi connectivity index (χ4v) is 2.84. The number of hydrogen-bond acceptors (Lipinski definition) is 5. The summed E-state index contributed by atoms with van der Waals surface area (Å²) in [4.78, 5) is 4.78. The molecule has 0 radical (unpaired) electrons. The molecule has 5 heteroatoms. The summed E-state index contributed by atoms with van der Waals surface area (Å²) < 4.78 is 5.80. The monoisotopic (exact) mass is 274 g/mol. The van der Waals surface area contributed by atoms with Gasteiger partial charge in [-0.05, 0) is 45.4 Å². The van der Waals surface area contributed by atoms with E-state index in [-0.39, 0.29) is 25.5 Å². The van der Waals surface area contributed by atoms with Crippen LogP contribution in [-0.4, -0.2) is 78.3 Å². The van der Waals surface area contributed by atoms with E-state index in [1.165, 1.54) is 12.8 Å². The fourth-order valence-electron chi connectivity index (χ4n) is 2.84. The quantitative estimate of drug-likeness (QED) is 0.569. The van der Waals surface area contributed by atoms with Gasteiger partial charge in [-0.2, -0.15) is 0 Å². The molecule has 1 heterocycles. The molecule has 0 aromatic carbocycles. The highest BCUT2D eigenvalue weighted by atomic mass is 16.5. The Morgan fingerprint density at radius 1 is 1.16 bits per heavy atom. The summed E-state index contributed by atoms with van der Waals surface area (Å²) in [6.45, 7) is 9.05. The molecular formula is C14H30N2O3. The van der Waals surface area contributed by atoms with Crippen molar-refractivity contribution in [3.63, 3.8) is 0 Å². The molecule has 19 heavy (non-hydrogen) atoms. The lowest BCUT2D eigenvalue weighted by Crippen LogP contribution is -2.56. The first kappa shape index (κ1) is 16.9. The lowest BCUT2D eigenvalue weighted by molar-refractivity contribution is -0.0941. The number of aliphatic hydroxyl groups is 2. The number of rotatable bonds is 10. The second-order valence-corrected chi connectivity index (χ2v) is 5.05. The highest BCUT2D eigenvalue weighted by Crippen LogP contribution is 2.19. The summed E-state index contributed by atoms with van der Waals surface area (Å²) in [7, 11) is 0. The number of hydrogen-bond donors (Lipinski definition) is 2. The van der Waals surface area contributed by atoms with Gasteiger partial charge >= 0.3 is 0 Å². The van der Waals surface area contributed by atoms with Gasteiger partial charge in [-0.1, -0.05) is 13.8 Å². The maximum absolute atomic E-state index is 9.66. The van der Waals surface area contributed by atoms with Gasteiger partial charge in [0.25, 0.3) is 0 Å². The molecule has 114 valence electrons. The highest BCUT2D eigenvalue weighted by Gasteiger charge is 2.33.